The number of carbonyl (C=O) groups excluding carboxylic acids is 3. The zero-order chi connectivity index (χ0) is 40.3. The van der Waals surface area contributed by atoms with E-state index < -0.39 is 0 Å². The molecule has 0 aromatic rings. The highest BCUT2D eigenvalue weighted by Gasteiger charge is 2.32. The molecule has 0 bridgehead atoms. The van der Waals surface area contributed by atoms with Gasteiger partial charge in [0.15, 0.2) is 5.12 Å². The fraction of sp³-hybridized carbons (Fsp3) is 0.851. The molecule has 0 saturated carbocycles. The van der Waals surface area contributed by atoms with E-state index >= 15 is 0 Å². The largest absolute Gasteiger partial charge is 0.461 e. The number of unbranched alkanes of at least 4 members (excludes halogenated alkanes) is 16. The summed E-state index contributed by atoms with van der Waals surface area (Å²) in [6.45, 7) is 15.4. The smallest absolute Gasteiger partial charge is 0.306 e. The molecule has 0 aliphatic carbocycles. The van der Waals surface area contributed by atoms with E-state index in [0.29, 0.717) is 42.8 Å². The molecule has 316 valence electrons. The molecule has 0 aliphatic heterocycles. The Morgan fingerprint density at radius 2 is 1.00 bits per heavy atom. The minimum absolute atomic E-state index is 0.0362. The molecule has 0 aromatic carbocycles. The van der Waals surface area contributed by atoms with Gasteiger partial charge in [-0.25, -0.2) is 0 Å². The van der Waals surface area contributed by atoms with Gasteiger partial charge in [-0.05, 0) is 82.7 Å². The molecule has 0 aromatic heterocycles. The maximum Gasteiger partial charge on any atom is 0.306 e. The molecular formula is C47H87NO5S. The summed E-state index contributed by atoms with van der Waals surface area (Å²) in [5.41, 5.74) is 0.117. The van der Waals surface area contributed by atoms with E-state index in [2.05, 4.69) is 72.7 Å². The molecule has 0 saturated heterocycles. The van der Waals surface area contributed by atoms with Gasteiger partial charge >= 0.3 is 11.9 Å². The molecule has 0 radical (unpaired) electrons. The zero-order valence-corrected chi connectivity index (χ0v) is 37.6. The second-order valence-corrected chi connectivity index (χ2v) is 19.0. The topological polar surface area (TPSA) is 72.9 Å². The Hall–Kier alpha value is -1.60. The van der Waals surface area contributed by atoms with E-state index in [0.717, 1.165) is 103 Å². The maximum absolute atomic E-state index is 13.4. The molecule has 0 atom stereocenters. The lowest BCUT2D eigenvalue weighted by molar-refractivity contribution is -0.143. The molecule has 0 fully saturated rings. The first-order chi connectivity index (χ1) is 25.8. The molecule has 0 amide bonds. The van der Waals surface area contributed by atoms with E-state index in [1.807, 2.05) is 12.2 Å². The van der Waals surface area contributed by atoms with Crippen LogP contribution in [0.15, 0.2) is 24.3 Å². The van der Waals surface area contributed by atoms with E-state index in [1.54, 1.807) is 11.8 Å². The lowest BCUT2D eigenvalue weighted by atomic mass is 9.73. The minimum Gasteiger partial charge on any atom is -0.461 e. The first-order valence-corrected chi connectivity index (χ1v) is 23.1. The van der Waals surface area contributed by atoms with Crippen LogP contribution in [-0.2, 0) is 23.9 Å². The molecule has 0 N–H and O–H groups in total. The number of hydrogen-bond acceptors (Lipinski definition) is 7. The van der Waals surface area contributed by atoms with E-state index in [1.165, 1.54) is 51.4 Å². The lowest BCUT2D eigenvalue weighted by Crippen LogP contribution is -2.33. The average molecular weight is 778 g/mol. The first-order valence-electron chi connectivity index (χ1n) is 22.3. The number of esters is 2. The van der Waals surface area contributed by atoms with Crippen molar-refractivity contribution in [3.8, 4) is 0 Å². The van der Waals surface area contributed by atoms with Gasteiger partial charge < -0.3 is 14.4 Å². The van der Waals surface area contributed by atoms with Crippen LogP contribution < -0.4 is 0 Å². The van der Waals surface area contributed by atoms with Crippen LogP contribution in [0.3, 0.4) is 0 Å². The van der Waals surface area contributed by atoms with Gasteiger partial charge in [-0.1, -0.05) is 167 Å². The third kappa shape index (κ3) is 36.1. The van der Waals surface area contributed by atoms with Gasteiger partial charge in [0.05, 0.1) is 0 Å². The van der Waals surface area contributed by atoms with E-state index in [9.17, 15) is 14.4 Å². The number of carbonyl (C=O) groups is 3. The van der Waals surface area contributed by atoms with Crippen molar-refractivity contribution in [3.63, 3.8) is 0 Å². The van der Waals surface area contributed by atoms with Gasteiger partial charge in [0.25, 0.3) is 0 Å². The van der Waals surface area contributed by atoms with E-state index in [4.69, 9.17) is 9.47 Å². The predicted molar refractivity (Wildman–Crippen MR) is 234 cm³/mol. The van der Waals surface area contributed by atoms with Crippen LogP contribution in [0.1, 0.15) is 208 Å². The van der Waals surface area contributed by atoms with E-state index in [-0.39, 0.29) is 22.8 Å². The van der Waals surface area contributed by atoms with Gasteiger partial charge in [0, 0.05) is 31.1 Å². The van der Waals surface area contributed by atoms with Crippen molar-refractivity contribution in [1.29, 1.82) is 0 Å². The molecular weight excluding hydrogens is 691 g/mol. The van der Waals surface area contributed by atoms with Crippen molar-refractivity contribution in [3.05, 3.63) is 24.3 Å². The standard InChI is InChI=1S/C47H87NO5S/c1-9-11-13-15-17-25-31-37-52-43(49)35-29-23-19-21-27-33-42(54-45(51)39-46(3,4)40-47(5,6)41-48(7)8)34-28-22-20-24-30-36-44(50)53-38-32-26-18-16-14-12-10-2/h25-26,31-32,42H,9-24,27-30,33-41H2,1-8H3/b31-25-,32-26-. The Morgan fingerprint density at radius 3 is 1.44 bits per heavy atom. The number of rotatable bonds is 37. The van der Waals surface area contributed by atoms with Crippen molar-refractivity contribution in [2.24, 2.45) is 10.8 Å². The first kappa shape index (κ1) is 52.4. The van der Waals surface area contributed by atoms with Crippen LogP contribution in [0, 0.1) is 10.8 Å². The van der Waals surface area contributed by atoms with Crippen LogP contribution in [0.2, 0.25) is 0 Å². The molecule has 7 heteroatoms. The van der Waals surface area contributed by atoms with Crippen LogP contribution in [-0.4, -0.2) is 61.1 Å². The maximum atomic E-state index is 13.4. The molecule has 54 heavy (non-hydrogen) atoms. The summed E-state index contributed by atoms with van der Waals surface area (Å²) in [6, 6.07) is 0. The Bertz CT molecular complexity index is 937. The molecule has 0 heterocycles. The van der Waals surface area contributed by atoms with Crippen LogP contribution in [0.5, 0.6) is 0 Å². The van der Waals surface area contributed by atoms with Crippen LogP contribution >= 0.6 is 11.8 Å². The molecule has 0 spiro atoms. The fourth-order valence-corrected chi connectivity index (χ4v) is 9.08. The van der Waals surface area contributed by atoms with Crippen molar-refractivity contribution in [2.75, 3.05) is 33.9 Å². The summed E-state index contributed by atoms with van der Waals surface area (Å²) in [7, 11) is 4.24. The van der Waals surface area contributed by atoms with Gasteiger partial charge in [0.1, 0.15) is 13.2 Å². The fourth-order valence-electron chi connectivity index (χ4n) is 7.67. The van der Waals surface area contributed by atoms with Gasteiger partial charge in [-0.2, -0.15) is 0 Å². The van der Waals surface area contributed by atoms with Crippen molar-refractivity contribution in [1.82, 2.24) is 4.90 Å². The van der Waals surface area contributed by atoms with Crippen molar-refractivity contribution >= 4 is 28.8 Å². The highest BCUT2D eigenvalue weighted by molar-refractivity contribution is 8.14. The summed E-state index contributed by atoms with van der Waals surface area (Å²) in [4.78, 5) is 39.9. The SMILES string of the molecule is CCCCCC/C=C\COC(=O)CCCCCCCC(CCCCCCCC(=O)OC/C=C\CCCCCC)SC(=O)CC(C)(C)CC(C)(C)CN(C)C. The van der Waals surface area contributed by atoms with Gasteiger partial charge in [-0.15, -0.1) is 0 Å². The van der Waals surface area contributed by atoms with Gasteiger partial charge in [0.2, 0.25) is 0 Å². The number of nitrogens with zero attached hydrogens (tertiary/aromatic N) is 1. The Balaban J connectivity index is 4.57. The number of hydrogen-bond donors (Lipinski definition) is 0. The quantitative estimate of drug-likeness (QED) is 0.0353. The molecule has 6 nitrogen and oxygen atoms in total. The third-order valence-electron chi connectivity index (χ3n) is 9.90. The second-order valence-electron chi connectivity index (χ2n) is 17.7. The monoisotopic (exact) mass is 778 g/mol. The summed E-state index contributed by atoms with van der Waals surface area (Å²) in [6.07, 6.45) is 35.7. The molecule has 0 rings (SSSR count). The summed E-state index contributed by atoms with van der Waals surface area (Å²) in [5, 5.41) is 0.688. The van der Waals surface area contributed by atoms with Crippen molar-refractivity contribution < 1.29 is 23.9 Å². The normalized spacial score (nSPS) is 12.5. The molecule has 0 unspecified atom stereocenters. The van der Waals surface area contributed by atoms with Crippen LogP contribution in [0.4, 0.5) is 0 Å². The zero-order valence-electron chi connectivity index (χ0n) is 36.8. The van der Waals surface area contributed by atoms with Crippen molar-refractivity contribution in [2.45, 2.75) is 214 Å². The Labute approximate surface area is 339 Å². The lowest BCUT2D eigenvalue weighted by Gasteiger charge is -2.36. The van der Waals surface area contributed by atoms with Gasteiger partial charge in [-0.3, -0.25) is 14.4 Å². The Morgan fingerprint density at radius 1 is 0.574 bits per heavy atom. The highest BCUT2D eigenvalue weighted by atomic mass is 32.2. The number of ether oxygens (including phenoxy) is 2. The number of thioether (sulfide) groups is 1. The second kappa shape index (κ2) is 34.6. The highest BCUT2D eigenvalue weighted by Crippen LogP contribution is 2.39. The minimum atomic E-state index is -0.0928. The summed E-state index contributed by atoms with van der Waals surface area (Å²) >= 11 is 1.60. The van der Waals surface area contributed by atoms with Crippen LogP contribution in [0.25, 0.3) is 0 Å². The average Bonchev–Trinajstić information content (AvgIpc) is 3.08. The summed E-state index contributed by atoms with van der Waals surface area (Å²) in [5.74, 6) is -0.186. The predicted octanol–water partition coefficient (Wildman–Crippen LogP) is 13.6. The Kier molecular flexibility index (Phi) is 33.6. The summed E-state index contributed by atoms with van der Waals surface area (Å²) < 4.78 is 10.7. The number of allylic oxidation sites excluding steroid dienone is 2. The molecule has 0 aliphatic rings. The third-order valence-corrected chi connectivity index (χ3v) is 11.1.